The highest BCUT2D eigenvalue weighted by molar-refractivity contribution is 9.10. The van der Waals surface area contributed by atoms with E-state index in [4.69, 9.17) is 5.11 Å². The molecule has 38 heavy (non-hydrogen) atoms. The van der Waals surface area contributed by atoms with Gasteiger partial charge in [0, 0.05) is 42.5 Å². The van der Waals surface area contributed by atoms with Crippen LogP contribution in [0.15, 0.2) is 28.7 Å². The second-order valence-corrected chi connectivity index (χ2v) is 9.48. The fraction of sp³-hybridized carbons (Fsp3) is 0.375. The minimum atomic E-state index is -0.959. The van der Waals surface area contributed by atoms with Crippen molar-refractivity contribution < 1.29 is 34.1 Å². The number of nitro benzene ring substituents is 2. The number of hydrogen-bond acceptors (Lipinski definition) is 9. The third kappa shape index (κ3) is 6.82. The number of carbonyl (C=O) groups is 3. The van der Waals surface area contributed by atoms with Crippen molar-refractivity contribution in [3.05, 3.63) is 65.7 Å². The van der Waals surface area contributed by atoms with Gasteiger partial charge in [-0.3, -0.25) is 34.6 Å². The monoisotopic (exact) mass is 592 g/mol. The number of nitrogens with one attached hydrogen (secondary N) is 1. The Morgan fingerprint density at radius 1 is 1.05 bits per heavy atom. The summed E-state index contributed by atoms with van der Waals surface area (Å²) < 4.78 is 5.15. The molecule has 2 aliphatic heterocycles. The number of anilines is 2. The fourth-order valence-electron chi connectivity index (χ4n) is 4.36. The van der Waals surface area contributed by atoms with Gasteiger partial charge in [-0.05, 0) is 42.0 Å². The number of esters is 1. The van der Waals surface area contributed by atoms with Crippen molar-refractivity contribution in [3.63, 3.8) is 0 Å². The average molecular weight is 593 g/mol. The molecule has 2 heterocycles. The summed E-state index contributed by atoms with van der Waals surface area (Å²) in [5, 5.41) is 33.6. The van der Waals surface area contributed by atoms with Crippen molar-refractivity contribution in [2.45, 2.75) is 38.5 Å². The molecule has 0 fully saturated rings. The SMILES string of the molecule is COC(=O)Cc1cc2c(c([N+](=O)[O-])c1)NCC2.O=C(O)CCCC(=O)N1CCc2cc(Br)cc([N+](=O)[O-])c21. The highest BCUT2D eigenvalue weighted by atomic mass is 79.9. The molecule has 2 aromatic rings. The molecule has 0 bridgehead atoms. The summed E-state index contributed by atoms with van der Waals surface area (Å²) in [6.07, 6.45) is 1.56. The number of halogens is 1. The second-order valence-electron chi connectivity index (χ2n) is 8.57. The normalized spacial score (nSPS) is 12.9. The molecule has 0 spiro atoms. The van der Waals surface area contributed by atoms with Gasteiger partial charge in [0.05, 0.1) is 23.4 Å². The number of rotatable bonds is 8. The summed E-state index contributed by atoms with van der Waals surface area (Å²) in [7, 11) is 1.30. The quantitative estimate of drug-likeness (QED) is 0.260. The predicted octanol–water partition coefficient (Wildman–Crippen LogP) is 3.78. The molecule has 202 valence electrons. The van der Waals surface area contributed by atoms with Crippen LogP contribution in [0, 0.1) is 20.2 Å². The molecule has 0 saturated heterocycles. The number of ether oxygens (including phenoxy) is 1. The molecule has 1 amide bonds. The largest absolute Gasteiger partial charge is 0.481 e. The molecular formula is C24H25BrN4O9. The Kier molecular flexibility index (Phi) is 9.34. The van der Waals surface area contributed by atoms with Crippen LogP contribution in [-0.4, -0.2) is 53.0 Å². The third-order valence-electron chi connectivity index (χ3n) is 6.02. The van der Waals surface area contributed by atoms with Crippen LogP contribution < -0.4 is 10.2 Å². The smallest absolute Gasteiger partial charge is 0.309 e. The molecule has 0 aromatic heterocycles. The molecule has 0 radical (unpaired) electrons. The first-order chi connectivity index (χ1) is 18.0. The third-order valence-corrected chi connectivity index (χ3v) is 6.47. The topological polar surface area (TPSA) is 182 Å². The highest BCUT2D eigenvalue weighted by Gasteiger charge is 2.32. The molecule has 2 N–H and O–H groups in total. The van der Waals surface area contributed by atoms with Gasteiger partial charge in [0.25, 0.3) is 11.4 Å². The molecule has 2 aliphatic rings. The Morgan fingerprint density at radius 2 is 1.76 bits per heavy atom. The Bertz CT molecular complexity index is 1300. The van der Waals surface area contributed by atoms with Gasteiger partial charge in [0.2, 0.25) is 5.91 Å². The van der Waals surface area contributed by atoms with Crippen LogP contribution >= 0.6 is 15.9 Å². The number of benzene rings is 2. The van der Waals surface area contributed by atoms with Gasteiger partial charge in [-0.1, -0.05) is 22.0 Å². The van der Waals surface area contributed by atoms with E-state index in [0.717, 1.165) is 17.5 Å². The summed E-state index contributed by atoms with van der Waals surface area (Å²) in [6.45, 7) is 1.08. The number of nitro groups is 2. The zero-order valence-corrected chi connectivity index (χ0v) is 22.0. The molecular weight excluding hydrogens is 568 g/mol. The van der Waals surface area contributed by atoms with Crippen LogP contribution in [0.1, 0.15) is 36.0 Å². The number of fused-ring (bicyclic) bond motifs is 2. The Morgan fingerprint density at radius 3 is 2.39 bits per heavy atom. The van der Waals surface area contributed by atoms with E-state index in [2.05, 4.69) is 26.0 Å². The molecule has 0 aliphatic carbocycles. The fourth-order valence-corrected chi connectivity index (χ4v) is 4.85. The van der Waals surface area contributed by atoms with Gasteiger partial charge in [-0.2, -0.15) is 0 Å². The zero-order chi connectivity index (χ0) is 28.0. The van der Waals surface area contributed by atoms with E-state index in [1.54, 1.807) is 6.07 Å². The number of carbonyl (C=O) groups excluding carboxylic acids is 2. The van der Waals surface area contributed by atoms with Crippen molar-refractivity contribution in [3.8, 4) is 0 Å². The number of amides is 1. The van der Waals surface area contributed by atoms with Crippen molar-refractivity contribution >= 4 is 56.5 Å². The van der Waals surface area contributed by atoms with E-state index in [0.29, 0.717) is 40.9 Å². The van der Waals surface area contributed by atoms with Crippen molar-refractivity contribution in [2.75, 3.05) is 30.4 Å². The van der Waals surface area contributed by atoms with Gasteiger partial charge in [0.1, 0.15) is 11.4 Å². The zero-order valence-electron chi connectivity index (χ0n) is 20.4. The molecule has 2 aromatic carbocycles. The lowest BCUT2D eigenvalue weighted by Crippen LogP contribution is -2.29. The second kappa shape index (κ2) is 12.4. The summed E-state index contributed by atoms with van der Waals surface area (Å²) in [4.78, 5) is 56.3. The van der Waals surface area contributed by atoms with Crippen LogP contribution in [0.2, 0.25) is 0 Å². The molecule has 0 unspecified atom stereocenters. The van der Waals surface area contributed by atoms with E-state index in [9.17, 15) is 34.6 Å². The van der Waals surface area contributed by atoms with E-state index >= 15 is 0 Å². The number of methoxy groups -OCH3 is 1. The Labute approximate surface area is 225 Å². The molecule has 0 saturated carbocycles. The first kappa shape index (κ1) is 28.5. The lowest BCUT2D eigenvalue weighted by molar-refractivity contribution is -0.384. The predicted molar refractivity (Wildman–Crippen MR) is 139 cm³/mol. The van der Waals surface area contributed by atoms with Crippen LogP contribution in [0.5, 0.6) is 0 Å². The van der Waals surface area contributed by atoms with Crippen molar-refractivity contribution in [1.29, 1.82) is 0 Å². The number of carboxylic acids is 1. The Balaban J connectivity index is 0.000000215. The summed E-state index contributed by atoms with van der Waals surface area (Å²) in [6, 6.07) is 6.39. The van der Waals surface area contributed by atoms with Crippen molar-refractivity contribution in [2.24, 2.45) is 0 Å². The van der Waals surface area contributed by atoms with E-state index in [1.165, 1.54) is 24.1 Å². The molecule has 14 heteroatoms. The van der Waals surface area contributed by atoms with Crippen LogP contribution in [0.3, 0.4) is 0 Å². The molecule has 4 rings (SSSR count). The maximum atomic E-state index is 12.1. The maximum Gasteiger partial charge on any atom is 0.309 e. The summed E-state index contributed by atoms with van der Waals surface area (Å²) >= 11 is 3.23. The highest BCUT2D eigenvalue weighted by Crippen LogP contribution is 2.40. The van der Waals surface area contributed by atoms with E-state index in [1.807, 2.05) is 6.07 Å². The molecule has 0 atom stereocenters. The van der Waals surface area contributed by atoms with Crippen molar-refractivity contribution in [1.82, 2.24) is 0 Å². The number of nitrogens with zero attached hydrogens (tertiary/aromatic N) is 3. The number of carboxylic acid groups (broad SMARTS) is 1. The first-order valence-corrected chi connectivity index (χ1v) is 12.4. The van der Waals surface area contributed by atoms with Gasteiger partial charge >= 0.3 is 11.9 Å². The van der Waals surface area contributed by atoms with E-state index < -0.39 is 21.8 Å². The lowest BCUT2D eigenvalue weighted by Gasteiger charge is -2.17. The first-order valence-electron chi connectivity index (χ1n) is 11.6. The number of hydrogen-bond donors (Lipinski definition) is 2. The minimum absolute atomic E-state index is 0.0268. The standard InChI is InChI=1S/C13H13BrN2O5.C11H12N2O4/c14-9-6-8-4-5-15(11(17)2-1-3-12(18)19)13(8)10(7-9)16(20)21;1-17-10(14)6-7-4-8-2-3-12-11(8)9(5-7)13(15)16/h6-7H,1-5H2,(H,18,19);4-5,12H,2-3,6H2,1H3. The van der Waals surface area contributed by atoms with Gasteiger partial charge < -0.3 is 20.1 Å². The average Bonchev–Trinajstić information content (AvgIpc) is 3.49. The van der Waals surface area contributed by atoms with Gasteiger partial charge in [0.15, 0.2) is 0 Å². The maximum absolute atomic E-state index is 12.1. The number of aliphatic carboxylic acids is 1. The summed E-state index contributed by atoms with van der Waals surface area (Å²) in [5.74, 6) is -1.63. The Hall–Kier alpha value is -4.07. The van der Waals surface area contributed by atoms with E-state index in [-0.39, 0.29) is 43.0 Å². The molecule has 13 nitrogen and oxygen atoms in total. The van der Waals surface area contributed by atoms with Crippen LogP contribution in [0.4, 0.5) is 22.7 Å². The lowest BCUT2D eigenvalue weighted by atomic mass is 10.0. The summed E-state index contributed by atoms with van der Waals surface area (Å²) in [5.41, 5.74) is 3.08. The van der Waals surface area contributed by atoms with Gasteiger partial charge in [-0.15, -0.1) is 0 Å². The van der Waals surface area contributed by atoms with Gasteiger partial charge in [-0.25, -0.2) is 0 Å². The van der Waals surface area contributed by atoms with Crippen LogP contribution in [0.25, 0.3) is 0 Å². The minimum Gasteiger partial charge on any atom is -0.481 e. The van der Waals surface area contributed by atoms with Crippen LogP contribution in [-0.2, 0) is 38.4 Å².